The zero-order valence-electron chi connectivity index (χ0n) is 20.9. The van der Waals surface area contributed by atoms with E-state index in [0.29, 0.717) is 11.4 Å². The van der Waals surface area contributed by atoms with Crippen molar-refractivity contribution in [2.75, 3.05) is 7.11 Å². The van der Waals surface area contributed by atoms with Gasteiger partial charge in [-0.25, -0.2) is 8.42 Å². The molecular formula is C29H36N2O3S. The third kappa shape index (κ3) is 6.13. The van der Waals surface area contributed by atoms with Crippen molar-refractivity contribution in [2.24, 2.45) is 0 Å². The lowest BCUT2D eigenvalue weighted by Crippen LogP contribution is -2.53. The molecule has 1 N–H and O–H groups in total. The van der Waals surface area contributed by atoms with Gasteiger partial charge in [-0.2, -0.15) is 4.31 Å². The number of methoxy groups -OCH3 is 1. The van der Waals surface area contributed by atoms with Crippen molar-refractivity contribution in [1.29, 1.82) is 0 Å². The van der Waals surface area contributed by atoms with Gasteiger partial charge in [0.25, 0.3) is 0 Å². The Morgan fingerprint density at radius 3 is 2.40 bits per heavy atom. The van der Waals surface area contributed by atoms with Crippen LogP contribution in [0.2, 0.25) is 0 Å². The Bertz CT molecular complexity index is 1200. The predicted octanol–water partition coefficient (Wildman–Crippen LogP) is 5.86. The molecule has 0 heterocycles. The van der Waals surface area contributed by atoms with Crippen LogP contribution >= 0.6 is 0 Å². The van der Waals surface area contributed by atoms with Crippen LogP contribution in [0, 0.1) is 6.92 Å². The molecular weight excluding hydrogens is 456 g/mol. The first-order valence-corrected chi connectivity index (χ1v) is 13.8. The van der Waals surface area contributed by atoms with Crippen LogP contribution in [-0.2, 0) is 16.6 Å². The Labute approximate surface area is 210 Å². The van der Waals surface area contributed by atoms with Gasteiger partial charge in [0.1, 0.15) is 5.75 Å². The lowest BCUT2D eigenvalue weighted by molar-refractivity contribution is 0.185. The average Bonchev–Trinajstić information content (AvgIpc) is 2.88. The lowest BCUT2D eigenvalue weighted by Gasteiger charge is -2.41. The van der Waals surface area contributed by atoms with Crippen LogP contribution in [0.25, 0.3) is 0 Å². The normalized spacial score (nSPS) is 19.4. The van der Waals surface area contributed by atoms with E-state index in [4.69, 9.17) is 4.74 Å². The third-order valence-electron chi connectivity index (χ3n) is 6.96. The van der Waals surface area contributed by atoms with E-state index in [1.165, 1.54) is 5.56 Å². The summed E-state index contributed by atoms with van der Waals surface area (Å²) in [4.78, 5) is 0.339. The molecule has 0 spiro atoms. The molecule has 1 aliphatic rings. The highest BCUT2D eigenvalue weighted by Gasteiger charge is 2.38. The van der Waals surface area contributed by atoms with Gasteiger partial charge < -0.3 is 10.1 Å². The van der Waals surface area contributed by atoms with Gasteiger partial charge >= 0.3 is 0 Å². The molecule has 0 bridgehead atoms. The molecule has 5 nitrogen and oxygen atoms in total. The first-order chi connectivity index (χ1) is 16.9. The van der Waals surface area contributed by atoms with Crippen molar-refractivity contribution in [3.63, 3.8) is 0 Å². The highest BCUT2D eigenvalue weighted by atomic mass is 32.2. The summed E-state index contributed by atoms with van der Waals surface area (Å²) in [6.07, 6.45) is 3.88. The molecule has 186 valence electrons. The zero-order chi connectivity index (χ0) is 24.8. The van der Waals surface area contributed by atoms with E-state index in [9.17, 15) is 8.42 Å². The summed E-state index contributed by atoms with van der Waals surface area (Å²) >= 11 is 0. The van der Waals surface area contributed by atoms with Crippen molar-refractivity contribution in [3.8, 4) is 5.75 Å². The molecule has 3 aromatic carbocycles. The highest BCUT2D eigenvalue weighted by molar-refractivity contribution is 7.89. The molecule has 0 saturated heterocycles. The third-order valence-corrected chi connectivity index (χ3v) is 8.85. The summed E-state index contributed by atoms with van der Waals surface area (Å²) in [6, 6.07) is 25.3. The maximum absolute atomic E-state index is 14.1. The number of rotatable bonds is 9. The first-order valence-electron chi connectivity index (χ1n) is 12.4. The highest BCUT2D eigenvalue weighted by Crippen LogP contribution is 2.32. The van der Waals surface area contributed by atoms with Crippen molar-refractivity contribution in [3.05, 3.63) is 95.6 Å². The second-order valence-corrected chi connectivity index (χ2v) is 11.4. The minimum absolute atomic E-state index is 0.0600. The Hall–Kier alpha value is -2.67. The summed E-state index contributed by atoms with van der Waals surface area (Å²) in [7, 11) is -2.09. The maximum Gasteiger partial charge on any atom is 0.243 e. The van der Waals surface area contributed by atoms with E-state index < -0.39 is 10.0 Å². The molecule has 3 atom stereocenters. The number of sulfonamides is 1. The summed E-state index contributed by atoms with van der Waals surface area (Å²) < 4.78 is 35.3. The van der Waals surface area contributed by atoms with Crippen LogP contribution in [-0.4, -0.2) is 31.9 Å². The standard InChI is InChI=1S/C29H36N2O3S/c1-22-16-18-27(19-17-22)35(32,33)31(21-24-10-9-13-26(20-24)34-3)29-15-8-7-14-28(29)30-23(2)25-11-5-4-6-12-25/h4-6,9-13,16-20,23,28-30H,7-8,14-15,21H2,1-3H3/t23-,28-,29-/m1/s1. The minimum atomic E-state index is -3.72. The van der Waals surface area contributed by atoms with Gasteiger partial charge in [-0.1, -0.05) is 73.0 Å². The largest absolute Gasteiger partial charge is 0.497 e. The van der Waals surface area contributed by atoms with Crippen LogP contribution < -0.4 is 10.1 Å². The van der Waals surface area contributed by atoms with E-state index >= 15 is 0 Å². The first kappa shape index (κ1) is 25.4. The van der Waals surface area contributed by atoms with Gasteiger partial charge in [-0.05, 0) is 62.1 Å². The van der Waals surface area contributed by atoms with Crippen molar-refractivity contribution < 1.29 is 13.2 Å². The molecule has 0 amide bonds. The summed E-state index contributed by atoms with van der Waals surface area (Å²) in [5.74, 6) is 0.728. The molecule has 1 fully saturated rings. The minimum Gasteiger partial charge on any atom is -0.497 e. The summed E-state index contributed by atoms with van der Waals surface area (Å²) in [5, 5.41) is 3.78. The number of nitrogens with zero attached hydrogens (tertiary/aromatic N) is 1. The predicted molar refractivity (Wildman–Crippen MR) is 141 cm³/mol. The number of aryl methyl sites for hydroxylation is 1. The van der Waals surface area contributed by atoms with Gasteiger partial charge in [0.15, 0.2) is 0 Å². The Balaban J connectivity index is 1.69. The molecule has 35 heavy (non-hydrogen) atoms. The molecule has 1 aliphatic carbocycles. The quantitative estimate of drug-likeness (QED) is 0.407. The summed E-state index contributed by atoms with van der Waals surface area (Å²) in [5.41, 5.74) is 3.16. The SMILES string of the molecule is COc1cccc(CN([C@@H]2CCCC[C@H]2N[C@H](C)c2ccccc2)S(=O)(=O)c2ccc(C)cc2)c1. The van der Waals surface area contributed by atoms with E-state index in [1.807, 2.05) is 61.5 Å². The summed E-state index contributed by atoms with van der Waals surface area (Å²) in [6.45, 7) is 4.42. The van der Waals surface area contributed by atoms with Crippen molar-refractivity contribution in [2.45, 2.75) is 69.1 Å². The van der Waals surface area contributed by atoms with Gasteiger partial charge in [0, 0.05) is 24.7 Å². The molecule has 6 heteroatoms. The fraction of sp³-hybridized carbons (Fsp3) is 0.379. The number of hydrogen-bond acceptors (Lipinski definition) is 4. The molecule has 0 radical (unpaired) electrons. The van der Waals surface area contributed by atoms with E-state index in [2.05, 4.69) is 24.4 Å². The van der Waals surface area contributed by atoms with Crippen LogP contribution in [0.1, 0.15) is 55.3 Å². The number of nitrogens with one attached hydrogen (secondary N) is 1. The molecule has 0 aromatic heterocycles. The monoisotopic (exact) mass is 492 g/mol. The van der Waals surface area contributed by atoms with E-state index in [-0.39, 0.29) is 18.1 Å². The van der Waals surface area contributed by atoms with E-state index in [1.54, 1.807) is 23.5 Å². The fourth-order valence-electron chi connectivity index (χ4n) is 4.99. The van der Waals surface area contributed by atoms with Gasteiger partial charge in [0.05, 0.1) is 12.0 Å². The average molecular weight is 493 g/mol. The Kier molecular flexibility index (Phi) is 8.26. The Morgan fingerprint density at radius 2 is 1.69 bits per heavy atom. The molecule has 3 aromatic rings. The van der Waals surface area contributed by atoms with Crippen LogP contribution in [0.5, 0.6) is 5.75 Å². The van der Waals surface area contributed by atoms with Crippen molar-refractivity contribution in [1.82, 2.24) is 9.62 Å². The topological polar surface area (TPSA) is 58.6 Å². The van der Waals surface area contributed by atoms with Crippen LogP contribution in [0.3, 0.4) is 0 Å². The maximum atomic E-state index is 14.1. The Morgan fingerprint density at radius 1 is 0.971 bits per heavy atom. The number of hydrogen-bond donors (Lipinski definition) is 1. The van der Waals surface area contributed by atoms with Crippen molar-refractivity contribution >= 4 is 10.0 Å². The second kappa shape index (κ2) is 11.4. The van der Waals surface area contributed by atoms with Crippen LogP contribution in [0.15, 0.2) is 83.8 Å². The zero-order valence-corrected chi connectivity index (χ0v) is 21.7. The van der Waals surface area contributed by atoms with Gasteiger partial charge in [-0.15, -0.1) is 0 Å². The van der Waals surface area contributed by atoms with E-state index in [0.717, 1.165) is 42.6 Å². The number of benzene rings is 3. The number of ether oxygens (including phenoxy) is 1. The van der Waals surface area contributed by atoms with Crippen LogP contribution in [0.4, 0.5) is 0 Å². The van der Waals surface area contributed by atoms with Gasteiger partial charge in [-0.3, -0.25) is 0 Å². The lowest BCUT2D eigenvalue weighted by atomic mass is 9.89. The second-order valence-electron chi connectivity index (χ2n) is 9.47. The molecule has 0 aliphatic heterocycles. The molecule has 0 unspecified atom stereocenters. The molecule has 1 saturated carbocycles. The molecule has 4 rings (SSSR count). The van der Waals surface area contributed by atoms with Gasteiger partial charge in [0.2, 0.25) is 10.0 Å². The smallest absolute Gasteiger partial charge is 0.243 e. The fourth-order valence-corrected chi connectivity index (χ4v) is 6.66.